The molecule has 0 aromatic carbocycles. The first-order valence-corrected chi connectivity index (χ1v) is 6.65. The minimum absolute atomic E-state index is 0.790. The number of nitrogens with one attached hydrogen (secondary N) is 2. The lowest BCUT2D eigenvalue weighted by atomic mass is 10.1. The Balaban J connectivity index is 1.71. The van der Waals surface area contributed by atoms with Crippen LogP contribution >= 0.6 is 11.8 Å². The van der Waals surface area contributed by atoms with Crippen molar-refractivity contribution in [1.82, 2.24) is 10.6 Å². The first-order chi connectivity index (χ1) is 6.45. The Morgan fingerprint density at radius 3 is 2.92 bits per heavy atom. The van der Waals surface area contributed by atoms with Gasteiger partial charge in [-0.15, -0.1) is 0 Å². The normalized spacial score (nSPS) is 36.0. The van der Waals surface area contributed by atoms with Gasteiger partial charge in [0.2, 0.25) is 0 Å². The maximum atomic E-state index is 3.80. The maximum absolute atomic E-state index is 3.80. The first-order valence-electron chi connectivity index (χ1n) is 5.49. The molecule has 0 radical (unpaired) electrons. The van der Waals surface area contributed by atoms with Crippen LogP contribution in [0.3, 0.4) is 0 Å². The molecule has 3 heteroatoms. The second-order valence-electron chi connectivity index (χ2n) is 4.11. The average molecular weight is 200 g/mol. The average Bonchev–Trinajstić information content (AvgIpc) is 2.49. The smallest absolute Gasteiger partial charge is 0.0168 e. The van der Waals surface area contributed by atoms with Gasteiger partial charge in [-0.1, -0.05) is 0 Å². The van der Waals surface area contributed by atoms with Crippen LogP contribution in [-0.4, -0.2) is 36.7 Å². The van der Waals surface area contributed by atoms with Crippen LogP contribution in [0.2, 0.25) is 0 Å². The Hall–Kier alpha value is 0.270. The molecule has 2 fully saturated rings. The van der Waals surface area contributed by atoms with Crippen LogP contribution in [0.4, 0.5) is 0 Å². The second-order valence-corrected chi connectivity index (χ2v) is 5.25. The summed E-state index contributed by atoms with van der Waals surface area (Å²) in [4.78, 5) is 0. The van der Waals surface area contributed by atoms with Crippen molar-refractivity contribution in [3.05, 3.63) is 0 Å². The summed E-state index contributed by atoms with van der Waals surface area (Å²) in [7, 11) is 0. The third kappa shape index (κ3) is 3.15. The van der Waals surface area contributed by atoms with E-state index in [-0.39, 0.29) is 0 Å². The van der Waals surface area contributed by atoms with Gasteiger partial charge in [0.1, 0.15) is 0 Å². The first kappa shape index (κ1) is 9.81. The highest BCUT2D eigenvalue weighted by Gasteiger charge is 2.19. The highest BCUT2D eigenvalue weighted by atomic mass is 32.2. The van der Waals surface area contributed by atoms with Gasteiger partial charge in [0.05, 0.1) is 0 Å². The Bertz CT molecular complexity index is 138. The van der Waals surface area contributed by atoms with Crippen LogP contribution in [0, 0.1) is 0 Å². The van der Waals surface area contributed by atoms with E-state index in [1.54, 1.807) is 0 Å². The van der Waals surface area contributed by atoms with E-state index in [0.29, 0.717) is 0 Å². The van der Waals surface area contributed by atoms with Gasteiger partial charge in [-0.25, -0.2) is 0 Å². The molecule has 0 amide bonds. The molecule has 0 saturated carbocycles. The highest BCUT2D eigenvalue weighted by Crippen LogP contribution is 2.18. The van der Waals surface area contributed by atoms with Crippen molar-refractivity contribution in [2.24, 2.45) is 0 Å². The molecule has 2 atom stereocenters. The monoisotopic (exact) mass is 200 g/mol. The fraction of sp³-hybridized carbons (Fsp3) is 1.00. The Morgan fingerprint density at radius 2 is 2.08 bits per heavy atom. The summed E-state index contributed by atoms with van der Waals surface area (Å²) in [5, 5.41) is 7.25. The zero-order valence-electron chi connectivity index (χ0n) is 8.22. The lowest BCUT2D eigenvalue weighted by Gasteiger charge is -2.20. The number of rotatable bonds is 2. The van der Waals surface area contributed by atoms with Gasteiger partial charge in [0.15, 0.2) is 0 Å². The van der Waals surface area contributed by atoms with Crippen LogP contribution in [0.5, 0.6) is 0 Å². The van der Waals surface area contributed by atoms with Gasteiger partial charge in [-0.3, -0.25) is 0 Å². The van der Waals surface area contributed by atoms with E-state index in [2.05, 4.69) is 22.4 Å². The number of hydrogen-bond acceptors (Lipinski definition) is 3. The van der Waals surface area contributed by atoms with Crippen LogP contribution in [0.25, 0.3) is 0 Å². The van der Waals surface area contributed by atoms with Gasteiger partial charge in [0.25, 0.3) is 0 Å². The standard InChI is InChI=1S/C10H20N2S/c1-2-9(3-6-11-5-1)12-10-4-7-13-8-10/h9-12H,1-8H2. The summed E-state index contributed by atoms with van der Waals surface area (Å²) < 4.78 is 0. The summed E-state index contributed by atoms with van der Waals surface area (Å²) in [6.07, 6.45) is 5.42. The van der Waals surface area contributed by atoms with Crippen molar-refractivity contribution < 1.29 is 0 Å². The Morgan fingerprint density at radius 1 is 1.08 bits per heavy atom. The van der Waals surface area contributed by atoms with Crippen LogP contribution < -0.4 is 10.6 Å². The lowest BCUT2D eigenvalue weighted by Crippen LogP contribution is -2.38. The van der Waals surface area contributed by atoms with Crippen LogP contribution in [0.15, 0.2) is 0 Å². The summed E-state index contributed by atoms with van der Waals surface area (Å²) in [5.41, 5.74) is 0. The van der Waals surface area contributed by atoms with E-state index in [1.165, 1.54) is 50.3 Å². The number of hydrogen-bond donors (Lipinski definition) is 2. The summed E-state index contributed by atoms with van der Waals surface area (Å²) in [5.74, 6) is 2.70. The molecule has 13 heavy (non-hydrogen) atoms. The van der Waals surface area contributed by atoms with Crippen molar-refractivity contribution in [3.63, 3.8) is 0 Å². The largest absolute Gasteiger partial charge is 0.317 e. The highest BCUT2D eigenvalue weighted by molar-refractivity contribution is 7.99. The van der Waals surface area contributed by atoms with Gasteiger partial charge >= 0.3 is 0 Å². The predicted molar refractivity (Wildman–Crippen MR) is 59.4 cm³/mol. The summed E-state index contributed by atoms with van der Waals surface area (Å²) >= 11 is 2.10. The zero-order valence-corrected chi connectivity index (χ0v) is 9.04. The van der Waals surface area contributed by atoms with Gasteiger partial charge in [-0.05, 0) is 44.5 Å². The van der Waals surface area contributed by atoms with E-state index in [9.17, 15) is 0 Å². The Kier molecular flexibility index (Phi) is 3.94. The molecule has 2 unspecified atom stereocenters. The minimum atomic E-state index is 0.790. The van der Waals surface area contributed by atoms with Crippen molar-refractivity contribution in [1.29, 1.82) is 0 Å². The van der Waals surface area contributed by atoms with Crippen LogP contribution in [-0.2, 0) is 0 Å². The molecule has 0 aliphatic carbocycles. The molecule has 2 nitrogen and oxygen atoms in total. The van der Waals surface area contributed by atoms with E-state index in [1.807, 2.05) is 0 Å². The van der Waals surface area contributed by atoms with Gasteiger partial charge in [0, 0.05) is 17.8 Å². The van der Waals surface area contributed by atoms with E-state index in [0.717, 1.165) is 12.1 Å². The molecular weight excluding hydrogens is 180 g/mol. The summed E-state index contributed by atoms with van der Waals surface area (Å²) in [6.45, 7) is 2.43. The second kappa shape index (κ2) is 5.23. The van der Waals surface area contributed by atoms with Crippen LogP contribution in [0.1, 0.15) is 25.7 Å². The number of thioether (sulfide) groups is 1. The molecule has 2 saturated heterocycles. The fourth-order valence-electron chi connectivity index (χ4n) is 2.19. The third-order valence-corrected chi connectivity index (χ3v) is 4.14. The molecule has 2 heterocycles. The molecule has 76 valence electrons. The molecule has 0 aromatic heterocycles. The van der Waals surface area contributed by atoms with Gasteiger partial charge in [-0.2, -0.15) is 11.8 Å². The molecule has 0 spiro atoms. The molecule has 2 aliphatic heterocycles. The molecular formula is C10H20N2S. The molecule has 0 bridgehead atoms. The quantitative estimate of drug-likeness (QED) is 0.701. The molecule has 2 N–H and O–H groups in total. The van der Waals surface area contributed by atoms with E-state index >= 15 is 0 Å². The SMILES string of the molecule is C1CNCCC(NC2CCSC2)C1. The van der Waals surface area contributed by atoms with Crippen molar-refractivity contribution in [3.8, 4) is 0 Å². The van der Waals surface area contributed by atoms with Gasteiger partial charge < -0.3 is 10.6 Å². The Labute approximate surface area is 85.2 Å². The molecule has 2 rings (SSSR count). The van der Waals surface area contributed by atoms with Crippen molar-refractivity contribution in [2.45, 2.75) is 37.8 Å². The van der Waals surface area contributed by atoms with Crippen molar-refractivity contribution >= 4 is 11.8 Å². The van der Waals surface area contributed by atoms with Crippen molar-refractivity contribution in [2.75, 3.05) is 24.6 Å². The zero-order chi connectivity index (χ0) is 8.93. The van der Waals surface area contributed by atoms with E-state index < -0.39 is 0 Å². The molecule has 2 aliphatic rings. The lowest BCUT2D eigenvalue weighted by molar-refractivity contribution is 0.418. The summed E-state index contributed by atoms with van der Waals surface area (Å²) in [6, 6.07) is 1.60. The maximum Gasteiger partial charge on any atom is 0.0168 e. The third-order valence-electron chi connectivity index (χ3n) is 2.98. The van der Waals surface area contributed by atoms with E-state index in [4.69, 9.17) is 0 Å². The molecule has 0 aromatic rings. The predicted octanol–water partition coefficient (Wildman–Crippen LogP) is 1.22. The minimum Gasteiger partial charge on any atom is -0.317 e. The topological polar surface area (TPSA) is 24.1 Å². The fourth-order valence-corrected chi connectivity index (χ4v) is 3.35.